The molecule has 292 valence electrons. The fourth-order valence-electron chi connectivity index (χ4n) is 5.72. The third kappa shape index (κ3) is 35.2. The average Bonchev–Trinajstić information content (AvgIpc) is 3.07. The molecule has 3 atom stereocenters. The number of carboxylic acids is 1. The summed E-state index contributed by atoms with van der Waals surface area (Å²) in [4.78, 5) is 33.3. The van der Waals surface area contributed by atoms with Crippen LogP contribution in [0.15, 0.2) is 0 Å². The molecule has 0 bridgehead atoms. The molecule has 0 aromatic carbocycles. The highest BCUT2D eigenvalue weighted by atomic mass is 31.2. The molecule has 0 rings (SSSR count). The van der Waals surface area contributed by atoms with E-state index in [1.54, 1.807) is 0 Å². The van der Waals surface area contributed by atoms with Crippen LogP contribution in [0.2, 0.25) is 0 Å². The van der Waals surface area contributed by atoms with E-state index in [2.05, 4.69) is 13.8 Å². The van der Waals surface area contributed by atoms with Crippen molar-refractivity contribution in [3.8, 4) is 0 Å². The lowest BCUT2D eigenvalue weighted by molar-refractivity contribution is -0.154. The fraction of sp³-hybridized carbons (Fsp3) is 0.947. The molecule has 49 heavy (non-hydrogen) atoms. The van der Waals surface area contributed by atoms with Crippen molar-refractivity contribution in [3.05, 3.63) is 0 Å². The maximum absolute atomic E-state index is 12.5. The predicted octanol–water partition coefficient (Wildman–Crippen LogP) is 10.4. The molecule has 0 aromatic heterocycles. The van der Waals surface area contributed by atoms with Crippen molar-refractivity contribution in [2.75, 3.05) is 26.4 Å². The summed E-state index contributed by atoms with van der Waals surface area (Å²) in [5.74, 6) is -1.77. The molecule has 0 saturated heterocycles. The summed E-state index contributed by atoms with van der Waals surface area (Å²) >= 11 is 0. The number of unbranched alkanes of at least 4 members (excludes halogenated alkanes) is 25. The van der Waals surface area contributed by atoms with E-state index < -0.39 is 45.1 Å². The Labute approximate surface area is 299 Å². The summed E-state index contributed by atoms with van der Waals surface area (Å²) in [7, 11) is -4.60. The summed E-state index contributed by atoms with van der Waals surface area (Å²) in [6.45, 7) is 3.88. The van der Waals surface area contributed by atoms with Crippen molar-refractivity contribution >= 4 is 19.8 Å². The second-order valence-electron chi connectivity index (χ2n) is 13.8. The highest BCUT2D eigenvalue weighted by Crippen LogP contribution is 2.43. The summed E-state index contributed by atoms with van der Waals surface area (Å²) in [6.07, 6.45) is 33.1. The zero-order chi connectivity index (χ0) is 36.3. The van der Waals surface area contributed by atoms with Gasteiger partial charge in [-0.25, -0.2) is 4.57 Å². The Morgan fingerprint density at radius 2 is 0.939 bits per heavy atom. The van der Waals surface area contributed by atoms with Gasteiger partial charge in [-0.1, -0.05) is 174 Å². The fourth-order valence-corrected chi connectivity index (χ4v) is 6.50. The number of nitrogens with two attached hydrogens (primary N) is 1. The standard InChI is InChI=1S/C38H76NO9P/c1-3-5-7-9-11-13-14-15-16-17-18-19-20-21-23-25-27-29-31-45-32-35(33-46-49(43,44)47-34-36(39)38(41)42)48-37(40)30-28-26-24-22-12-10-8-6-4-2/h35-36H,3-34,39H2,1-2H3,(H,41,42)(H,43,44)/t35-,36+/m1/s1. The van der Waals surface area contributed by atoms with E-state index in [0.29, 0.717) is 6.61 Å². The van der Waals surface area contributed by atoms with Gasteiger partial charge in [-0.2, -0.15) is 0 Å². The monoisotopic (exact) mass is 722 g/mol. The summed E-state index contributed by atoms with van der Waals surface area (Å²) in [5.41, 5.74) is 5.33. The van der Waals surface area contributed by atoms with Gasteiger partial charge in [0.05, 0.1) is 19.8 Å². The smallest absolute Gasteiger partial charge is 0.472 e. The molecule has 0 amide bonds. The third-order valence-electron chi connectivity index (χ3n) is 8.89. The van der Waals surface area contributed by atoms with Crippen molar-refractivity contribution in [3.63, 3.8) is 0 Å². The Kier molecular flexibility index (Phi) is 34.6. The van der Waals surface area contributed by atoms with Crippen molar-refractivity contribution in [2.45, 2.75) is 206 Å². The normalized spacial score (nSPS) is 14.0. The van der Waals surface area contributed by atoms with Crippen LogP contribution in [0.25, 0.3) is 0 Å². The van der Waals surface area contributed by atoms with Gasteiger partial charge < -0.3 is 25.2 Å². The number of ether oxygens (including phenoxy) is 2. The van der Waals surface area contributed by atoms with Gasteiger partial charge in [-0.3, -0.25) is 18.6 Å². The minimum atomic E-state index is -4.60. The van der Waals surface area contributed by atoms with E-state index in [4.69, 9.17) is 29.4 Å². The molecule has 0 aromatic rings. The number of carbonyl (C=O) groups excluding carboxylic acids is 1. The van der Waals surface area contributed by atoms with Gasteiger partial charge in [0.25, 0.3) is 0 Å². The van der Waals surface area contributed by atoms with Crippen molar-refractivity contribution in [1.29, 1.82) is 0 Å². The first-order chi connectivity index (χ1) is 23.7. The number of carbonyl (C=O) groups is 2. The van der Waals surface area contributed by atoms with Crippen LogP contribution in [-0.2, 0) is 32.7 Å². The number of hydrogen-bond acceptors (Lipinski definition) is 8. The topological polar surface area (TPSA) is 155 Å². The molecule has 1 unspecified atom stereocenters. The van der Waals surface area contributed by atoms with Gasteiger partial charge in [-0.15, -0.1) is 0 Å². The highest BCUT2D eigenvalue weighted by Gasteiger charge is 2.27. The van der Waals surface area contributed by atoms with Crippen LogP contribution in [0.1, 0.15) is 194 Å². The largest absolute Gasteiger partial charge is 0.480 e. The van der Waals surface area contributed by atoms with Crippen LogP contribution in [-0.4, -0.2) is 60.5 Å². The number of carboxylic acid groups (broad SMARTS) is 1. The van der Waals surface area contributed by atoms with Gasteiger partial charge in [0, 0.05) is 13.0 Å². The van der Waals surface area contributed by atoms with Crippen molar-refractivity contribution < 1.29 is 42.7 Å². The van der Waals surface area contributed by atoms with Gasteiger partial charge in [0.2, 0.25) is 0 Å². The Balaban J connectivity index is 4.14. The van der Waals surface area contributed by atoms with Gasteiger partial charge in [-0.05, 0) is 12.8 Å². The molecule has 11 heteroatoms. The van der Waals surface area contributed by atoms with Gasteiger partial charge >= 0.3 is 19.8 Å². The quantitative estimate of drug-likeness (QED) is 0.0317. The SMILES string of the molecule is CCCCCCCCCCCCCCCCCCCCOC[C@H](COP(=O)(O)OC[C@H](N)C(=O)O)OC(=O)CCCCCCCCCCC. The predicted molar refractivity (Wildman–Crippen MR) is 199 cm³/mol. The van der Waals surface area contributed by atoms with E-state index in [1.807, 2.05) is 0 Å². The summed E-state index contributed by atoms with van der Waals surface area (Å²) in [5, 5.41) is 8.86. The van der Waals surface area contributed by atoms with Crippen LogP contribution >= 0.6 is 7.82 Å². The first-order valence-electron chi connectivity index (χ1n) is 20.1. The number of hydrogen-bond donors (Lipinski definition) is 3. The molecule has 0 fully saturated rings. The molecule has 0 spiro atoms. The van der Waals surface area contributed by atoms with E-state index in [-0.39, 0.29) is 13.0 Å². The Bertz CT molecular complexity index is 801. The second kappa shape index (κ2) is 35.4. The zero-order valence-electron chi connectivity index (χ0n) is 31.6. The van der Waals surface area contributed by atoms with Crippen LogP contribution in [0.4, 0.5) is 0 Å². The number of phosphoric ester groups is 1. The number of rotatable bonds is 39. The highest BCUT2D eigenvalue weighted by molar-refractivity contribution is 7.47. The molecule has 4 N–H and O–H groups in total. The molecule has 0 saturated carbocycles. The van der Waals surface area contributed by atoms with E-state index in [9.17, 15) is 19.0 Å². The zero-order valence-corrected chi connectivity index (χ0v) is 32.5. The molecule has 0 aliphatic carbocycles. The lowest BCUT2D eigenvalue weighted by atomic mass is 10.0. The average molecular weight is 722 g/mol. The Morgan fingerprint density at radius 3 is 1.35 bits per heavy atom. The molecular weight excluding hydrogens is 645 g/mol. The maximum Gasteiger partial charge on any atom is 0.472 e. The lowest BCUT2D eigenvalue weighted by Crippen LogP contribution is -2.34. The van der Waals surface area contributed by atoms with Crippen LogP contribution in [0.3, 0.4) is 0 Å². The summed E-state index contributed by atoms with van der Waals surface area (Å²) < 4.78 is 33.2. The minimum absolute atomic E-state index is 0.0249. The van der Waals surface area contributed by atoms with Crippen LogP contribution < -0.4 is 5.73 Å². The van der Waals surface area contributed by atoms with E-state index in [1.165, 1.54) is 135 Å². The van der Waals surface area contributed by atoms with Gasteiger partial charge in [0.1, 0.15) is 12.1 Å². The van der Waals surface area contributed by atoms with E-state index >= 15 is 0 Å². The summed E-state index contributed by atoms with van der Waals surface area (Å²) in [6, 6.07) is -1.47. The molecule has 0 aliphatic rings. The molecular formula is C38H76NO9P. The minimum Gasteiger partial charge on any atom is -0.480 e. The Hall–Kier alpha value is -1.03. The third-order valence-corrected chi connectivity index (χ3v) is 9.84. The number of phosphoric acid groups is 1. The molecule has 10 nitrogen and oxygen atoms in total. The van der Waals surface area contributed by atoms with Crippen LogP contribution in [0.5, 0.6) is 0 Å². The second-order valence-corrected chi connectivity index (χ2v) is 15.2. The lowest BCUT2D eigenvalue weighted by Gasteiger charge is -2.20. The van der Waals surface area contributed by atoms with Gasteiger partial charge in [0.15, 0.2) is 0 Å². The number of esters is 1. The first-order valence-corrected chi connectivity index (χ1v) is 21.6. The maximum atomic E-state index is 12.5. The number of aliphatic carboxylic acids is 1. The molecule has 0 heterocycles. The Morgan fingerprint density at radius 1 is 0.571 bits per heavy atom. The molecule has 0 radical (unpaired) electrons. The van der Waals surface area contributed by atoms with Crippen molar-refractivity contribution in [2.24, 2.45) is 5.73 Å². The van der Waals surface area contributed by atoms with Crippen LogP contribution in [0, 0.1) is 0 Å². The molecule has 0 aliphatic heterocycles. The van der Waals surface area contributed by atoms with Crippen molar-refractivity contribution in [1.82, 2.24) is 0 Å². The van der Waals surface area contributed by atoms with E-state index in [0.717, 1.165) is 38.5 Å². The first kappa shape index (κ1) is 48.0.